The number of thiophene rings is 2. The molecule has 68 valence electrons. The Balaban J connectivity index is 1.76. The van der Waals surface area contributed by atoms with Crippen LogP contribution in [0.4, 0.5) is 0 Å². The zero-order chi connectivity index (χ0) is 8.93. The normalized spacial score (nSPS) is 10.5. The number of hydrogen-bond donors (Lipinski definition) is 0. The Bertz CT molecular complexity index is 289. The monoisotopic (exact) mass is 210 g/mol. The van der Waals surface area contributed by atoms with Crippen LogP contribution in [0.15, 0.2) is 33.7 Å². The van der Waals surface area contributed by atoms with E-state index in [-0.39, 0.29) is 0 Å². The summed E-state index contributed by atoms with van der Waals surface area (Å²) in [5.41, 5.74) is 2.53. The summed E-state index contributed by atoms with van der Waals surface area (Å²) in [5, 5.41) is 8.38. The van der Waals surface area contributed by atoms with E-state index in [1.165, 1.54) is 11.1 Å². The predicted octanol–water partition coefficient (Wildman–Crippen LogP) is 3.53. The van der Waals surface area contributed by atoms with Gasteiger partial charge in [-0.05, 0) is 44.8 Å². The van der Waals surface area contributed by atoms with Crippen LogP contribution in [-0.2, 0) is 18.0 Å². The molecule has 0 spiro atoms. The highest BCUT2D eigenvalue weighted by atomic mass is 32.1. The number of hydrogen-bond acceptors (Lipinski definition) is 3. The first-order chi connectivity index (χ1) is 6.45. The van der Waals surface area contributed by atoms with Crippen LogP contribution < -0.4 is 0 Å². The second kappa shape index (κ2) is 4.56. The molecular weight excluding hydrogens is 200 g/mol. The molecule has 2 aromatic heterocycles. The van der Waals surface area contributed by atoms with Gasteiger partial charge in [0.1, 0.15) is 0 Å². The molecule has 0 aliphatic carbocycles. The zero-order valence-corrected chi connectivity index (χ0v) is 8.74. The summed E-state index contributed by atoms with van der Waals surface area (Å²) < 4.78 is 5.54. The minimum atomic E-state index is 0.722. The molecule has 0 N–H and O–H groups in total. The topological polar surface area (TPSA) is 9.23 Å². The van der Waals surface area contributed by atoms with Crippen molar-refractivity contribution in [2.24, 2.45) is 0 Å². The van der Waals surface area contributed by atoms with Crippen molar-refractivity contribution in [2.75, 3.05) is 0 Å². The standard InChI is InChI=1S/C10H10OS2/c1-3-12-7-9(1)5-11-6-10-2-4-13-8-10/h1-4,7-8H,5-6H2. The molecule has 0 aliphatic heterocycles. The first-order valence-electron chi connectivity index (χ1n) is 4.05. The Kier molecular flexibility index (Phi) is 3.13. The minimum Gasteiger partial charge on any atom is -0.372 e. The largest absolute Gasteiger partial charge is 0.372 e. The molecule has 0 atom stereocenters. The molecule has 0 fully saturated rings. The van der Waals surface area contributed by atoms with Crippen LogP contribution in [0.1, 0.15) is 11.1 Å². The predicted molar refractivity (Wildman–Crippen MR) is 57.1 cm³/mol. The third-order valence-electron chi connectivity index (χ3n) is 1.70. The van der Waals surface area contributed by atoms with E-state index < -0.39 is 0 Å². The van der Waals surface area contributed by atoms with Crippen LogP contribution in [0.2, 0.25) is 0 Å². The van der Waals surface area contributed by atoms with E-state index in [0.29, 0.717) is 0 Å². The second-order valence-electron chi connectivity index (χ2n) is 2.76. The van der Waals surface area contributed by atoms with Crippen molar-refractivity contribution in [3.05, 3.63) is 44.8 Å². The fraction of sp³-hybridized carbons (Fsp3) is 0.200. The third-order valence-corrected chi connectivity index (χ3v) is 3.16. The molecule has 2 aromatic rings. The van der Waals surface area contributed by atoms with Crippen LogP contribution in [0.3, 0.4) is 0 Å². The quantitative estimate of drug-likeness (QED) is 0.750. The van der Waals surface area contributed by atoms with Crippen LogP contribution in [0.5, 0.6) is 0 Å². The van der Waals surface area contributed by atoms with Crippen molar-refractivity contribution in [3.8, 4) is 0 Å². The highest BCUT2D eigenvalue weighted by Crippen LogP contribution is 2.11. The summed E-state index contributed by atoms with van der Waals surface area (Å²) in [6.45, 7) is 1.44. The van der Waals surface area contributed by atoms with Crippen molar-refractivity contribution in [1.82, 2.24) is 0 Å². The molecule has 0 radical (unpaired) electrons. The lowest BCUT2D eigenvalue weighted by atomic mass is 10.3. The lowest BCUT2D eigenvalue weighted by Gasteiger charge is -1.99. The molecular formula is C10H10OS2. The van der Waals surface area contributed by atoms with Gasteiger partial charge in [0, 0.05) is 0 Å². The molecule has 0 aromatic carbocycles. The Morgan fingerprint density at radius 3 is 1.85 bits per heavy atom. The van der Waals surface area contributed by atoms with Gasteiger partial charge in [-0.2, -0.15) is 22.7 Å². The van der Waals surface area contributed by atoms with E-state index in [0.717, 1.165) is 13.2 Å². The third kappa shape index (κ3) is 2.66. The first kappa shape index (κ1) is 8.94. The van der Waals surface area contributed by atoms with Crippen molar-refractivity contribution in [2.45, 2.75) is 13.2 Å². The van der Waals surface area contributed by atoms with Gasteiger partial charge < -0.3 is 4.74 Å². The maximum atomic E-state index is 5.54. The second-order valence-corrected chi connectivity index (χ2v) is 4.32. The van der Waals surface area contributed by atoms with Gasteiger partial charge in [0.2, 0.25) is 0 Å². The molecule has 0 saturated carbocycles. The molecule has 2 heterocycles. The summed E-state index contributed by atoms with van der Waals surface area (Å²) in [5.74, 6) is 0. The molecule has 0 saturated heterocycles. The van der Waals surface area contributed by atoms with Gasteiger partial charge in [0.25, 0.3) is 0 Å². The van der Waals surface area contributed by atoms with Gasteiger partial charge in [0.05, 0.1) is 13.2 Å². The van der Waals surface area contributed by atoms with Crippen LogP contribution in [0, 0.1) is 0 Å². The van der Waals surface area contributed by atoms with Crippen LogP contribution in [-0.4, -0.2) is 0 Å². The van der Waals surface area contributed by atoms with Gasteiger partial charge >= 0.3 is 0 Å². The molecule has 0 amide bonds. The summed E-state index contributed by atoms with van der Waals surface area (Å²) in [4.78, 5) is 0. The van der Waals surface area contributed by atoms with Crippen LogP contribution >= 0.6 is 22.7 Å². The van der Waals surface area contributed by atoms with Crippen molar-refractivity contribution < 1.29 is 4.74 Å². The molecule has 13 heavy (non-hydrogen) atoms. The van der Waals surface area contributed by atoms with Crippen molar-refractivity contribution in [1.29, 1.82) is 0 Å². The van der Waals surface area contributed by atoms with Gasteiger partial charge in [0.15, 0.2) is 0 Å². The van der Waals surface area contributed by atoms with E-state index in [2.05, 4.69) is 33.7 Å². The maximum Gasteiger partial charge on any atom is 0.0729 e. The average Bonchev–Trinajstić information content (AvgIpc) is 2.75. The summed E-state index contributed by atoms with van der Waals surface area (Å²) in [7, 11) is 0. The average molecular weight is 210 g/mol. The summed E-state index contributed by atoms with van der Waals surface area (Å²) in [6.07, 6.45) is 0. The first-order valence-corrected chi connectivity index (χ1v) is 5.93. The van der Waals surface area contributed by atoms with E-state index in [1.807, 2.05) is 0 Å². The van der Waals surface area contributed by atoms with E-state index in [9.17, 15) is 0 Å². The fourth-order valence-electron chi connectivity index (χ4n) is 1.04. The Morgan fingerprint density at radius 2 is 1.46 bits per heavy atom. The molecule has 0 bridgehead atoms. The fourth-order valence-corrected chi connectivity index (χ4v) is 2.34. The van der Waals surface area contributed by atoms with Gasteiger partial charge in [-0.1, -0.05) is 0 Å². The van der Waals surface area contributed by atoms with E-state index in [1.54, 1.807) is 22.7 Å². The van der Waals surface area contributed by atoms with Gasteiger partial charge in [-0.3, -0.25) is 0 Å². The van der Waals surface area contributed by atoms with Gasteiger partial charge in [-0.15, -0.1) is 0 Å². The number of ether oxygens (including phenoxy) is 1. The van der Waals surface area contributed by atoms with Crippen molar-refractivity contribution >= 4 is 22.7 Å². The number of rotatable bonds is 4. The molecule has 0 aliphatic rings. The summed E-state index contributed by atoms with van der Waals surface area (Å²) in [6, 6.07) is 4.19. The molecule has 1 nitrogen and oxygen atoms in total. The Hall–Kier alpha value is -0.640. The molecule has 3 heteroatoms. The zero-order valence-electron chi connectivity index (χ0n) is 7.10. The Morgan fingerprint density at radius 1 is 0.923 bits per heavy atom. The van der Waals surface area contributed by atoms with Gasteiger partial charge in [-0.25, -0.2) is 0 Å². The van der Waals surface area contributed by atoms with E-state index in [4.69, 9.17) is 4.74 Å². The van der Waals surface area contributed by atoms with Crippen LogP contribution in [0.25, 0.3) is 0 Å². The maximum absolute atomic E-state index is 5.54. The smallest absolute Gasteiger partial charge is 0.0729 e. The Labute approximate surface area is 85.6 Å². The summed E-state index contributed by atoms with van der Waals surface area (Å²) >= 11 is 3.42. The lowest BCUT2D eigenvalue weighted by molar-refractivity contribution is 0.107. The molecule has 0 unspecified atom stereocenters. The lowest BCUT2D eigenvalue weighted by Crippen LogP contribution is -1.90. The minimum absolute atomic E-state index is 0.722. The highest BCUT2D eigenvalue weighted by Gasteiger charge is 1.95. The van der Waals surface area contributed by atoms with E-state index >= 15 is 0 Å². The SMILES string of the molecule is c1cc(COCc2ccsc2)cs1. The van der Waals surface area contributed by atoms with Crippen molar-refractivity contribution in [3.63, 3.8) is 0 Å². The molecule has 2 rings (SSSR count). The highest BCUT2D eigenvalue weighted by molar-refractivity contribution is 7.08.